The Hall–Kier alpha value is -4.90. The van der Waals surface area contributed by atoms with E-state index in [0.717, 1.165) is 90.4 Å². The molecule has 0 heterocycles. The molecule has 7 aromatic carbocycles. The fourth-order valence-electron chi connectivity index (χ4n) is 14.2. The Morgan fingerprint density at radius 3 is 1.00 bits per heavy atom. The van der Waals surface area contributed by atoms with E-state index in [1.165, 1.54) is 86.5 Å². The number of rotatable bonds is 8. The molecule has 15 rings (SSSR count). The van der Waals surface area contributed by atoms with Crippen LogP contribution >= 0.6 is 31.9 Å². The zero-order chi connectivity index (χ0) is 42.5. The van der Waals surface area contributed by atoms with Crippen LogP contribution in [0.3, 0.4) is 0 Å². The molecule has 8 bridgehead atoms. The maximum atomic E-state index is 3.73. The molecule has 4 unspecified atom stereocenters. The smallest absolute Gasteiger partial charge is 0.0482 e. The Labute approximate surface area is 396 Å². The average molecular weight is 963 g/mol. The number of nitrogens with zero attached hydrogens (tertiary/aromatic N) is 2. The van der Waals surface area contributed by atoms with Gasteiger partial charge in [0, 0.05) is 43.1 Å². The van der Waals surface area contributed by atoms with Gasteiger partial charge in [0.25, 0.3) is 0 Å². The summed E-state index contributed by atoms with van der Waals surface area (Å²) >= 11 is 7.46. The second kappa shape index (κ2) is 15.9. The van der Waals surface area contributed by atoms with Crippen molar-refractivity contribution in [3.8, 4) is 22.3 Å². The topological polar surface area (TPSA) is 6.48 Å². The van der Waals surface area contributed by atoms with Gasteiger partial charge in [-0.3, -0.25) is 0 Å². The summed E-state index contributed by atoms with van der Waals surface area (Å²) in [7, 11) is 0. The van der Waals surface area contributed by atoms with Gasteiger partial charge in [-0.25, -0.2) is 0 Å². The predicted molar refractivity (Wildman–Crippen MR) is 273 cm³/mol. The monoisotopic (exact) mass is 960 g/mol. The molecule has 2 nitrogen and oxygen atoms in total. The third-order valence-corrected chi connectivity index (χ3v) is 17.7. The molecule has 0 amide bonds. The third kappa shape index (κ3) is 7.10. The fourth-order valence-corrected chi connectivity index (χ4v) is 14.7. The van der Waals surface area contributed by atoms with E-state index >= 15 is 0 Å². The van der Waals surface area contributed by atoms with Gasteiger partial charge in [0.2, 0.25) is 0 Å². The number of benzene rings is 7. The highest BCUT2D eigenvalue weighted by atomic mass is 79.9. The molecule has 4 saturated carbocycles. The van der Waals surface area contributed by atoms with Crippen molar-refractivity contribution in [2.75, 3.05) is 9.80 Å². The summed E-state index contributed by atoms with van der Waals surface area (Å²) in [5.41, 5.74) is 18.6. The Bertz CT molecular complexity index is 2680. The van der Waals surface area contributed by atoms with Crippen molar-refractivity contribution in [3.63, 3.8) is 0 Å². The predicted octanol–water partition coefficient (Wildman–Crippen LogP) is 18.3. The highest BCUT2D eigenvalue weighted by Crippen LogP contribution is 2.58. The fraction of sp³-hybridized carbons (Fsp3) is 0.300. The highest BCUT2D eigenvalue weighted by Gasteiger charge is 2.43. The van der Waals surface area contributed by atoms with Crippen molar-refractivity contribution in [2.45, 2.75) is 87.9 Å². The molecule has 0 aliphatic heterocycles. The lowest BCUT2D eigenvalue weighted by Gasteiger charge is -2.38. The van der Waals surface area contributed by atoms with E-state index in [0.29, 0.717) is 0 Å². The Morgan fingerprint density at radius 2 is 0.609 bits per heavy atom. The van der Waals surface area contributed by atoms with Crippen molar-refractivity contribution in [1.29, 1.82) is 0 Å². The lowest BCUT2D eigenvalue weighted by atomic mass is 9.67. The highest BCUT2D eigenvalue weighted by molar-refractivity contribution is 9.10. The van der Waals surface area contributed by atoms with Gasteiger partial charge in [0.15, 0.2) is 0 Å². The number of anilines is 6. The van der Waals surface area contributed by atoms with Crippen LogP contribution in [0.4, 0.5) is 34.1 Å². The van der Waals surface area contributed by atoms with Crippen molar-refractivity contribution in [3.05, 3.63) is 189 Å². The van der Waals surface area contributed by atoms with E-state index < -0.39 is 0 Å². The summed E-state index contributed by atoms with van der Waals surface area (Å²) in [6.45, 7) is 0. The van der Waals surface area contributed by atoms with E-state index in [-0.39, 0.29) is 0 Å². The number of halogens is 2. The third-order valence-electron chi connectivity index (χ3n) is 16.6. The minimum atomic E-state index is 0.721. The first-order chi connectivity index (χ1) is 31.4. The number of hydrogen-bond donors (Lipinski definition) is 0. The molecular weight excluding hydrogens is 908 g/mol. The standard InChI is InChI=1S/C60H54Br2N2/c61-49-12-16-51(17-13-49)63(53-6-1-4-41(32-53)43-10-20-57-45-24-37-22-38(25-45)29-47(28-37)59(57)34-43)55-8-3-9-56(36-55)64(52-18-14-50(62)15-19-52)54-7-2-5-42(33-54)44-11-21-58-46-26-39-23-40(27-46)31-48(30-39)60(58)35-44/h1-21,32-40,45-48H,22-31H2. The van der Waals surface area contributed by atoms with E-state index in [1.807, 2.05) is 0 Å². The van der Waals surface area contributed by atoms with Gasteiger partial charge in [0.05, 0.1) is 0 Å². The molecule has 64 heavy (non-hydrogen) atoms. The van der Waals surface area contributed by atoms with Crippen molar-refractivity contribution < 1.29 is 0 Å². The van der Waals surface area contributed by atoms with Gasteiger partial charge >= 0.3 is 0 Å². The SMILES string of the molecule is Brc1ccc(N(c2cccc(-c3ccc4c(c3)C3CC5CC(CC4C5)C3)c2)c2cccc(N(c3ccc(Br)cc3)c3cccc(-c4ccc5c(c4)C4CC6CC(CC5C6)C4)c3)c2)cc1. The Kier molecular flexibility index (Phi) is 9.81. The van der Waals surface area contributed by atoms with Crippen molar-refractivity contribution >= 4 is 66.0 Å². The molecule has 8 aliphatic rings. The number of hydrogen-bond acceptors (Lipinski definition) is 2. The first kappa shape index (κ1) is 39.5. The lowest BCUT2D eigenvalue weighted by Crippen LogP contribution is -2.25. The Morgan fingerprint density at radius 1 is 0.281 bits per heavy atom. The van der Waals surface area contributed by atoms with Crippen LogP contribution < -0.4 is 9.80 Å². The summed E-state index contributed by atoms with van der Waals surface area (Å²) in [6.07, 6.45) is 14.1. The van der Waals surface area contributed by atoms with Crippen LogP contribution in [0.15, 0.2) is 167 Å². The summed E-state index contributed by atoms with van der Waals surface area (Å²) in [5, 5.41) is 0. The first-order valence-corrected chi connectivity index (χ1v) is 25.7. The largest absolute Gasteiger partial charge is 0.310 e. The molecule has 318 valence electrons. The van der Waals surface area contributed by atoms with Crippen LogP contribution in [-0.2, 0) is 0 Å². The van der Waals surface area contributed by atoms with Gasteiger partial charge in [-0.05, 0) is 247 Å². The molecule has 4 fully saturated rings. The summed E-state index contributed by atoms with van der Waals surface area (Å²) in [5.74, 6) is 6.63. The van der Waals surface area contributed by atoms with E-state index in [9.17, 15) is 0 Å². The van der Waals surface area contributed by atoms with E-state index in [4.69, 9.17) is 0 Å². The molecular formula is C60H54Br2N2. The van der Waals surface area contributed by atoms with Gasteiger partial charge in [-0.2, -0.15) is 0 Å². The summed E-state index contributed by atoms with van der Waals surface area (Å²) in [6, 6.07) is 60.1. The van der Waals surface area contributed by atoms with Gasteiger partial charge in [-0.15, -0.1) is 0 Å². The zero-order valence-electron chi connectivity index (χ0n) is 36.4. The maximum absolute atomic E-state index is 3.73. The molecule has 0 spiro atoms. The molecule has 0 aromatic heterocycles. The molecule has 4 heteroatoms. The molecule has 0 saturated heterocycles. The molecule has 0 radical (unpaired) electrons. The van der Waals surface area contributed by atoms with Crippen LogP contribution in [0.1, 0.15) is 110 Å². The normalized spacial score (nSPS) is 25.7. The molecule has 4 atom stereocenters. The second-order valence-electron chi connectivity index (χ2n) is 20.5. The minimum absolute atomic E-state index is 0.721. The lowest BCUT2D eigenvalue weighted by molar-refractivity contribution is 0.165. The second-order valence-corrected chi connectivity index (χ2v) is 22.4. The zero-order valence-corrected chi connectivity index (χ0v) is 39.5. The van der Waals surface area contributed by atoms with E-state index in [1.54, 1.807) is 22.3 Å². The maximum Gasteiger partial charge on any atom is 0.0482 e. The van der Waals surface area contributed by atoms with Crippen molar-refractivity contribution in [1.82, 2.24) is 0 Å². The van der Waals surface area contributed by atoms with Crippen LogP contribution in [-0.4, -0.2) is 0 Å². The van der Waals surface area contributed by atoms with Crippen LogP contribution in [0.5, 0.6) is 0 Å². The summed E-state index contributed by atoms with van der Waals surface area (Å²) in [4.78, 5) is 4.85. The molecule has 0 N–H and O–H groups in total. The van der Waals surface area contributed by atoms with Crippen molar-refractivity contribution in [2.24, 2.45) is 23.7 Å². The first-order valence-electron chi connectivity index (χ1n) is 24.1. The quantitative estimate of drug-likeness (QED) is 0.150. The Balaban J connectivity index is 0.888. The molecule has 7 aromatic rings. The van der Waals surface area contributed by atoms with Crippen LogP contribution in [0, 0.1) is 23.7 Å². The van der Waals surface area contributed by atoms with Gasteiger partial charge in [-0.1, -0.05) is 98.6 Å². The van der Waals surface area contributed by atoms with Crippen LogP contribution in [0.25, 0.3) is 22.3 Å². The van der Waals surface area contributed by atoms with E-state index in [2.05, 4.69) is 199 Å². The van der Waals surface area contributed by atoms with Gasteiger partial charge in [0.1, 0.15) is 0 Å². The molecule has 8 aliphatic carbocycles. The minimum Gasteiger partial charge on any atom is -0.310 e. The van der Waals surface area contributed by atoms with Crippen LogP contribution in [0.2, 0.25) is 0 Å². The summed E-state index contributed by atoms with van der Waals surface area (Å²) < 4.78 is 2.14. The van der Waals surface area contributed by atoms with Gasteiger partial charge < -0.3 is 9.80 Å². The average Bonchev–Trinajstić information content (AvgIpc) is 3.60.